The molecule has 0 aromatic carbocycles. The first-order valence-electron chi connectivity index (χ1n) is 5.36. The van der Waals surface area contributed by atoms with Crippen molar-refractivity contribution in [1.82, 2.24) is 4.90 Å². The number of hydrogen-bond donors (Lipinski definition) is 2. The fourth-order valence-corrected chi connectivity index (χ4v) is 3.16. The van der Waals surface area contributed by atoms with Crippen molar-refractivity contribution < 1.29 is 23.8 Å². The molecule has 0 aliphatic rings. The zero-order valence-corrected chi connectivity index (χ0v) is 11.2. The maximum absolute atomic E-state index is 12.1. The predicted octanol–water partition coefficient (Wildman–Crippen LogP) is 1.19. The fraction of sp³-hybridized carbons (Fsp3) is 1.00. The van der Waals surface area contributed by atoms with Gasteiger partial charge in [0, 0.05) is 0 Å². The smallest absolute Gasteiger partial charge is 0.344 e. The number of aliphatic hydroxyl groups is 2. The lowest BCUT2D eigenvalue weighted by molar-refractivity contribution is -0.0761. The Kier molecular flexibility index (Phi) is 7.39. The Morgan fingerprint density at radius 3 is 1.75 bits per heavy atom. The van der Waals surface area contributed by atoms with E-state index in [4.69, 9.17) is 9.05 Å². The second-order valence-corrected chi connectivity index (χ2v) is 5.39. The molecule has 0 fully saturated rings. The standard InChI is InChI=1S/C9H22NO5P/c1-5-14-16(13,15-6-2)7-10(8(3)11)9(4)12/h8-9,11-12H,5-7H2,1-4H3. The fourth-order valence-electron chi connectivity index (χ4n) is 1.26. The van der Waals surface area contributed by atoms with E-state index in [9.17, 15) is 14.8 Å². The highest BCUT2D eigenvalue weighted by atomic mass is 31.2. The molecule has 6 nitrogen and oxygen atoms in total. The summed E-state index contributed by atoms with van der Waals surface area (Å²) in [4.78, 5) is 1.24. The van der Waals surface area contributed by atoms with E-state index in [0.29, 0.717) is 0 Å². The maximum Gasteiger partial charge on any atom is 0.344 e. The van der Waals surface area contributed by atoms with Crippen molar-refractivity contribution in [3.05, 3.63) is 0 Å². The van der Waals surface area contributed by atoms with E-state index in [1.807, 2.05) is 0 Å². The first kappa shape index (κ1) is 16.0. The van der Waals surface area contributed by atoms with Crippen molar-refractivity contribution in [2.45, 2.75) is 40.2 Å². The molecule has 0 saturated carbocycles. The van der Waals surface area contributed by atoms with Crippen molar-refractivity contribution in [2.24, 2.45) is 0 Å². The quantitative estimate of drug-likeness (QED) is 0.501. The molecule has 2 unspecified atom stereocenters. The van der Waals surface area contributed by atoms with Crippen LogP contribution in [0.3, 0.4) is 0 Å². The zero-order chi connectivity index (χ0) is 12.8. The third-order valence-corrected chi connectivity index (χ3v) is 3.92. The van der Waals surface area contributed by atoms with Gasteiger partial charge in [0.15, 0.2) is 0 Å². The van der Waals surface area contributed by atoms with Crippen molar-refractivity contribution in [3.63, 3.8) is 0 Å². The monoisotopic (exact) mass is 255 g/mol. The summed E-state index contributed by atoms with van der Waals surface area (Å²) >= 11 is 0. The topological polar surface area (TPSA) is 79.2 Å². The molecule has 0 bridgehead atoms. The summed E-state index contributed by atoms with van der Waals surface area (Å²) in [7, 11) is -3.28. The van der Waals surface area contributed by atoms with Gasteiger partial charge >= 0.3 is 7.60 Å². The van der Waals surface area contributed by atoms with Gasteiger partial charge in [0.25, 0.3) is 0 Å². The normalized spacial score (nSPS) is 16.4. The summed E-state index contributed by atoms with van der Waals surface area (Å²) in [6.07, 6.45) is -1.98. The Bertz CT molecular complexity index is 216. The molecule has 0 spiro atoms. The summed E-state index contributed by atoms with van der Waals surface area (Å²) in [5, 5.41) is 18.8. The average molecular weight is 255 g/mol. The minimum absolute atomic E-state index is 0.135. The highest BCUT2D eigenvalue weighted by Crippen LogP contribution is 2.48. The van der Waals surface area contributed by atoms with Crippen LogP contribution < -0.4 is 0 Å². The molecule has 16 heavy (non-hydrogen) atoms. The summed E-state index contributed by atoms with van der Waals surface area (Å²) in [5.74, 6) is 0. The highest BCUT2D eigenvalue weighted by Gasteiger charge is 2.30. The Morgan fingerprint density at radius 1 is 1.12 bits per heavy atom. The Labute approximate surface area is 96.7 Å². The van der Waals surface area contributed by atoms with Crippen molar-refractivity contribution >= 4 is 7.60 Å². The van der Waals surface area contributed by atoms with Crippen molar-refractivity contribution in [1.29, 1.82) is 0 Å². The van der Waals surface area contributed by atoms with Gasteiger partial charge in [0.05, 0.1) is 13.2 Å². The van der Waals surface area contributed by atoms with Crippen molar-refractivity contribution in [3.8, 4) is 0 Å². The molecule has 0 amide bonds. The lowest BCUT2D eigenvalue weighted by Crippen LogP contribution is -2.41. The number of aliphatic hydroxyl groups excluding tert-OH is 2. The van der Waals surface area contributed by atoms with Gasteiger partial charge in [-0.15, -0.1) is 0 Å². The van der Waals surface area contributed by atoms with E-state index in [1.165, 1.54) is 18.7 Å². The van der Waals surface area contributed by atoms with Crippen LogP contribution in [0.15, 0.2) is 0 Å². The molecule has 0 aliphatic heterocycles. The molecular weight excluding hydrogens is 233 g/mol. The lowest BCUT2D eigenvalue weighted by Gasteiger charge is -2.30. The molecule has 7 heteroatoms. The van der Waals surface area contributed by atoms with E-state index in [2.05, 4.69) is 0 Å². The van der Waals surface area contributed by atoms with Gasteiger partial charge < -0.3 is 19.3 Å². The van der Waals surface area contributed by atoms with E-state index < -0.39 is 20.1 Å². The minimum atomic E-state index is -3.28. The molecule has 0 saturated heterocycles. The van der Waals surface area contributed by atoms with Crippen LogP contribution in [0.4, 0.5) is 0 Å². The summed E-state index contributed by atoms with van der Waals surface area (Å²) in [5.41, 5.74) is 0. The van der Waals surface area contributed by atoms with E-state index in [1.54, 1.807) is 13.8 Å². The number of nitrogens with zero attached hydrogens (tertiary/aromatic N) is 1. The lowest BCUT2D eigenvalue weighted by atomic mass is 10.5. The van der Waals surface area contributed by atoms with Gasteiger partial charge in [0.1, 0.15) is 18.7 Å². The molecular formula is C9H22NO5P. The van der Waals surface area contributed by atoms with E-state index in [0.717, 1.165) is 0 Å². The summed E-state index contributed by atoms with van der Waals surface area (Å²) in [6.45, 7) is 6.89. The average Bonchev–Trinajstić information content (AvgIpc) is 2.14. The van der Waals surface area contributed by atoms with Gasteiger partial charge in [-0.2, -0.15) is 0 Å². The second kappa shape index (κ2) is 7.37. The van der Waals surface area contributed by atoms with Gasteiger partial charge in [0.2, 0.25) is 0 Å². The largest absolute Gasteiger partial charge is 0.379 e. The molecule has 0 aromatic heterocycles. The number of rotatable bonds is 8. The van der Waals surface area contributed by atoms with Crippen LogP contribution in [0.25, 0.3) is 0 Å². The minimum Gasteiger partial charge on any atom is -0.379 e. The molecule has 0 aliphatic carbocycles. The van der Waals surface area contributed by atoms with E-state index in [-0.39, 0.29) is 19.5 Å². The molecule has 0 radical (unpaired) electrons. The van der Waals surface area contributed by atoms with Crippen LogP contribution in [0.5, 0.6) is 0 Å². The molecule has 2 atom stereocenters. The molecule has 0 aromatic rings. The first-order chi connectivity index (χ1) is 7.36. The third kappa shape index (κ3) is 5.39. The van der Waals surface area contributed by atoms with Crippen LogP contribution in [-0.4, -0.2) is 47.1 Å². The van der Waals surface area contributed by atoms with Crippen LogP contribution in [0.2, 0.25) is 0 Å². The van der Waals surface area contributed by atoms with Crippen LogP contribution in [0, 0.1) is 0 Å². The first-order valence-corrected chi connectivity index (χ1v) is 7.09. The Balaban J connectivity index is 4.63. The van der Waals surface area contributed by atoms with Gasteiger partial charge in [-0.25, -0.2) is 4.90 Å². The third-order valence-electron chi connectivity index (χ3n) is 1.95. The zero-order valence-electron chi connectivity index (χ0n) is 10.3. The van der Waals surface area contributed by atoms with Crippen LogP contribution >= 0.6 is 7.60 Å². The second-order valence-electron chi connectivity index (χ2n) is 3.37. The van der Waals surface area contributed by atoms with Gasteiger partial charge in [-0.1, -0.05) is 0 Å². The summed E-state index contributed by atoms with van der Waals surface area (Å²) in [6, 6.07) is 0. The Morgan fingerprint density at radius 2 is 1.50 bits per heavy atom. The molecule has 0 rings (SSSR count). The van der Waals surface area contributed by atoms with Gasteiger partial charge in [-0.3, -0.25) is 4.57 Å². The summed E-state index contributed by atoms with van der Waals surface area (Å²) < 4.78 is 22.3. The SMILES string of the molecule is CCOP(=O)(CN(C(C)O)C(C)O)OCC. The molecule has 98 valence electrons. The van der Waals surface area contributed by atoms with Gasteiger partial charge in [-0.05, 0) is 27.7 Å². The maximum atomic E-state index is 12.1. The highest BCUT2D eigenvalue weighted by molar-refractivity contribution is 7.53. The van der Waals surface area contributed by atoms with Crippen LogP contribution in [0.1, 0.15) is 27.7 Å². The van der Waals surface area contributed by atoms with E-state index >= 15 is 0 Å². The number of hydrogen-bond acceptors (Lipinski definition) is 6. The predicted molar refractivity (Wildman–Crippen MR) is 60.9 cm³/mol. The Hall–Kier alpha value is 0.0300. The molecule has 0 heterocycles. The van der Waals surface area contributed by atoms with Crippen LogP contribution in [-0.2, 0) is 13.6 Å². The molecule has 2 N–H and O–H groups in total. The van der Waals surface area contributed by atoms with Crippen molar-refractivity contribution in [2.75, 3.05) is 19.5 Å².